The lowest BCUT2D eigenvalue weighted by Crippen LogP contribution is -2.38. The number of nitrogens with two attached hydrogens (primary N) is 1. The molecule has 0 heterocycles. The monoisotopic (exact) mass is 200 g/mol. The van der Waals surface area contributed by atoms with Gasteiger partial charge < -0.3 is 15.8 Å². The molecule has 3 N–H and O–H groups in total. The van der Waals surface area contributed by atoms with Crippen LogP contribution in [0.15, 0.2) is 0 Å². The van der Waals surface area contributed by atoms with Gasteiger partial charge in [0.05, 0.1) is 6.04 Å². The highest BCUT2D eigenvalue weighted by molar-refractivity contribution is 5.57. The van der Waals surface area contributed by atoms with Gasteiger partial charge in [0.2, 0.25) is 0 Å². The van der Waals surface area contributed by atoms with Gasteiger partial charge >= 0.3 is 0 Å². The molecule has 0 amide bonds. The van der Waals surface area contributed by atoms with Crippen LogP contribution >= 0.6 is 0 Å². The lowest BCUT2D eigenvalue weighted by Gasteiger charge is -2.19. The molecule has 14 heavy (non-hydrogen) atoms. The summed E-state index contributed by atoms with van der Waals surface area (Å²) < 4.78 is 0. The standard InChI is InChI=1S/C11H24N2O/c1-3-10(4-2)13-11(9-14)7-5-6-8-12/h9-11,13H,3-8,12H2,1-2H3/t11-/m0/s1. The Balaban J connectivity index is 3.71. The Hall–Kier alpha value is -0.410. The third-order valence-electron chi connectivity index (χ3n) is 2.57. The van der Waals surface area contributed by atoms with E-state index in [1.807, 2.05) is 0 Å². The van der Waals surface area contributed by atoms with Crippen molar-refractivity contribution >= 4 is 6.29 Å². The zero-order valence-corrected chi connectivity index (χ0v) is 9.46. The number of rotatable bonds is 9. The van der Waals surface area contributed by atoms with Crippen LogP contribution in [0, 0.1) is 0 Å². The third kappa shape index (κ3) is 6.11. The number of carbonyl (C=O) groups is 1. The first-order valence-electron chi connectivity index (χ1n) is 5.69. The first-order chi connectivity index (χ1) is 6.78. The van der Waals surface area contributed by atoms with Crippen LogP contribution in [-0.2, 0) is 4.79 Å². The number of carbonyl (C=O) groups excluding carboxylic acids is 1. The predicted molar refractivity (Wildman–Crippen MR) is 60.3 cm³/mol. The summed E-state index contributed by atoms with van der Waals surface area (Å²) >= 11 is 0. The molecule has 0 aromatic rings. The smallest absolute Gasteiger partial charge is 0.136 e. The molecule has 0 spiro atoms. The quantitative estimate of drug-likeness (QED) is 0.437. The molecule has 3 heteroatoms. The van der Waals surface area contributed by atoms with E-state index < -0.39 is 0 Å². The van der Waals surface area contributed by atoms with Gasteiger partial charge in [-0.05, 0) is 32.2 Å². The van der Waals surface area contributed by atoms with Crippen molar-refractivity contribution in [2.45, 2.75) is 58.0 Å². The van der Waals surface area contributed by atoms with E-state index in [0.29, 0.717) is 6.04 Å². The van der Waals surface area contributed by atoms with Crippen LogP contribution in [0.2, 0.25) is 0 Å². The molecule has 0 aromatic heterocycles. The fraction of sp³-hybridized carbons (Fsp3) is 0.909. The molecule has 0 rings (SSSR count). The third-order valence-corrected chi connectivity index (χ3v) is 2.57. The fourth-order valence-electron chi connectivity index (χ4n) is 1.53. The Labute approximate surface area is 87.4 Å². The molecule has 0 bridgehead atoms. The van der Waals surface area contributed by atoms with Crippen LogP contribution in [0.3, 0.4) is 0 Å². The van der Waals surface area contributed by atoms with E-state index in [9.17, 15) is 4.79 Å². The highest BCUT2D eigenvalue weighted by Crippen LogP contribution is 2.03. The van der Waals surface area contributed by atoms with E-state index >= 15 is 0 Å². The number of nitrogens with one attached hydrogen (secondary N) is 1. The van der Waals surface area contributed by atoms with Crippen LogP contribution in [-0.4, -0.2) is 24.9 Å². The van der Waals surface area contributed by atoms with Gasteiger partial charge in [0.15, 0.2) is 0 Å². The summed E-state index contributed by atoms with van der Waals surface area (Å²) in [5, 5.41) is 3.35. The summed E-state index contributed by atoms with van der Waals surface area (Å²) in [6, 6.07) is 0.495. The Morgan fingerprint density at radius 3 is 2.36 bits per heavy atom. The second-order valence-electron chi connectivity index (χ2n) is 3.71. The molecule has 0 fully saturated rings. The number of hydrogen-bond acceptors (Lipinski definition) is 3. The minimum absolute atomic E-state index is 0.0199. The first kappa shape index (κ1) is 13.6. The van der Waals surface area contributed by atoms with Crippen molar-refractivity contribution in [3.8, 4) is 0 Å². The van der Waals surface area contributed by atoms with E-state index in [2.05, 4.69) is 19.2 Å². The molecule has 0 aromatic carbocycles. The average Bonchev–Trinajstić information content (AvgIpc) is 2.23. The Morgan fingerprint density at radius 1 is 1.29 bits per heavy atom. The maximum absolute atomic E-state index is 10.8. The Kier molecular flexibility index (Phi) is 8.89. The van der Waals surface area contributed by atoms with Crippen LogP contribution < -0.4 is 11.1 Å². The molecule has 3 nitrogen and oxygen atoms in total. The highest BCUT2D eigenvalue weighted by atomic mass is 16.1. The second-order valence-corrected chi connectivity index (χ2v) is 3.71. The van der Waals surface area contributed by atoms with Crippen LogP contribution in [0.25, 0.3) is 0 Å². The largest absolute Gasteiger partial charge is 0.330 e. The summed E-state index contributed by atoms with van der Waals surface area (Å²) in [5.74, 6) is 0. The fourth-order valence-corrected chi connectivity index (χ4v) is 1.53. The Morgan fingerprint density at radius 2 is 1.93 bits per heavy atom. The molecule has 0 saturated carbocycles. The minimum Gasteiger partial charge on any atom is -0.330 e. The van der Waals surface area contributed by atoms with Crippen molar-refractivity contribution in [1.29, 1.82) is 0 Å². The molecule has 0 unspecified atom stereocenters. The Bertz CT molecular complexity index is 135. The van der Waals surface area contributed by atoms with Gasteiger partial charge in [0.1, 0.15) is 6.29 Å². The first-order valence-corrected chi connectivity index (χ1v) is 5.69. The van der Waals surface area contributed by atoms with Crippen molar-refractivity contribution in [1.82, 2.24) is 5.32 Å². The summed E-state index contributed by atoms with van der Waals surface area (Å²) in [6.07, 6.45) is 6.14. The molecular weight excluding hydrogens is 176 g/mol. The maximum Gasteiger partial charge on any atom is 0.136 e. The summed E-state index contributed by atoms with van der Waals surface area (Å²) in [5.41, 5.74) is 5.40. The predicted octanol–water partition coefficient (Wildman–Crippen LogP) is 1.46. The van der Waals surface area contributed by atoms with Gasteiger partial charge in [0, 0.05) is 6.04 Å². The van der Waals surface area contributed by atoms with Crippen molar-refractivity contribution in [2.24, 2.45) is 5.73 Å². The SMILES string of the molecule is CCC(CC)N[C@H](C=O)CCCCN. The van der Waals surface area contributed by atoms with Crippen LogP contribution in [0.5, 0.6) is 0 Å². The lowest BCUT2D eigenvalue weighted by atomic mass is 10.1. The average molecular weight is 200 g/mol. The van der Waals surface area contributed by atoms with E-state index in [-0.39, 0.29) is 6.04 Å². The summed E-state index contributed by atoms with van der Waals surface area (Å²) in [4.78, 5) is 10.8. The number of aldehydes is 1. The van der Waals surface area contributed by atoms with Gasteiger partial charge in [-0.3, -0.25) is 0 Å². The van der Waals surface area contributed by atoms with Gasteiger partial charge in [-0.2, -0.15) is 0 Å². The van der Waals surface area contributed by atoms with Crippen molar-refractivity contribution in [3.05, 3.63) is 0 Å². The second kappa shape index (κ2) is 9.16. The van der Waals surface area contributed by atoms with E-state index in [1.54, 1.807) is 0 Å². The topological polar surface area (TPSA) is 55.1 Å². The molecule has 84 valence electrons. The summed E-state index contributed by atoms with van der Waals surface area (Å²) in [6.45, 7) is 5.00. The molecule has 0 aliphatic heterocycles. The van der Waals surface area contributed by atoms with Crippen molar-refractivity contribution in [3.63, 3.8) is 0 Å². The highest BCUT2D eigenvalue weighted by Gasteiger charge is 2.10. The van der Waals surface area contributed by atoms with Gasteiger partial charge in [-0.1, -0.05) is 20.3 Å². The normalized spacial score (nSPS) is 13.1. The number of unbranched alkanes of at least 4 members (excludes halogenated alkanes) is 1. The summed E-state index contributed by atoms with van der Waals surface area (Å²) in [7, 11) is 0. The van der Waals surface area contributed by atoms with Crippen molar-refractivity contribution in [2.75, 3.05) is 6.54 Å². The molecular formula is C11H24N2O. The molecule has 0 aliphatic rings. The molecule has 1 atom stereocenters. The van der Waals surface area contributed by atoms with E-state index in [1.165, 1.54) is 0 Å². The molecule has 0 saturated heterocycles. The van der Waals surface area contributed by atoms with E-state index in [0.717, 1.165) is 44.9 Å². The van der Waals surface area contributed by atoms with E-state index in [4.69, 9.17) is 5.73 Å². The minimum atomic E-state index is 0.0199. The van der Waals surface area contributed by atoms with Gasteiger partial charge in [0.25, 0.3) is 0 Å². The van der Waals surface area contributed by atoms with Gasteiger partial charge in [-0.15, -0.1) is 0 Å². The zero-order chi connectivity index (χ0) is 10.8. The molecule has 0 radical (unpaired) electrons. The van der Waals surface area contributed by atoms with Crippen LogP contribution in [0.4, 0.5) is 0 Å². The van der Waals surface area contributed by atoms with Crippen molar-refractivity contribution < 1.29 is 4.79 Å². The lowest BCUT2D eigenvalue weighted by molar-refractivity contribution is -0.109. The number of hydrogen-bond donors (Lipinski definition) is 2. The van der Waals surface area contributed by atoms with Crippen LogP contribution in [0.1, 0.15) is 46.0 Å². The zero-order valence-electron chi connectivity index (χ0n) is 9.46. The maximum atomic E-state index is 10.8. The van der Waals surface area contributed by atoms with Gasteiger partial charge in [-0.25, -0.2) is 0 Å². The molecule has 0 aliphatic carbocycles.